The van der Waals surface area contributed by atoms with Gasteiger partial charge in [0.05, 0.1) is 15.0 Å². The van der Waals surface area contributed by atoms with Gasteiger partial charge in [-0.3, -0.25) is 4.98 Å². The summed E-state index contributed by atoms with van der Waals surface area (Å²) in [5.41, 5.74) is 8.61. The average Bonchev–Trinajstić information content (AvgIpc) is 2.87. The molecule has 102 valence electrons. The van der Waals surface area contributed by atoms with Crippen LogP contribution in [0.1, 0.15) is 4.88 Å². The molecule has 0 radical (unpaired) electrons. The van der Waals surface area contributed by atoms with Crippen LogP contribution >= 0.6 is 27.3 Å². The normalized spacial score (nSPS) is 10.8. The van der Waals surface area contributed by atoms with Gasteiger partial charge in [0.1, 0.15) is 0 Å². The first-order valence-corrected chi connectivity index (χ1v) is 7.96. The number of halogens is 1. The molecule has 2 aromatic heterocycles. The fourth-order valence-corrected chi connectivity index (χ4v) is 3.64. The highest BCUT2D eigenvalue weighted by Crippen LogP contribution is 2.27. The van der Waals surface area contributed by atoms with Gasteiger partial charge >= 0.3 is 0 Å². The second-order valence-corrected chi connectivity index (χ2v) is 7.03. The van der Waals surface area contributed by atoms with Crippen molar-refractivity contribution in [1.82, 2.24) is 4.98 Å². The fourth-order valence-electron chi connectivity index (χ4n) is 2.16. The highest BCUT2D eigenvalue weighted by molar-refractivity contribution is 9.11. The molecule has 3 nitrogen and oxygen atoms in total. The van der Waals surface area contributed by atoms with Crippen molar-refractivity contribution >= 4 is 49.5 Å². The van der Waals surface area contributed by atoms with E-state index in [0.717, 1.165) is 29.6 Å². The molecule has 3 rings (SSSR count). The van der Waals surface area contributed by atoms with Gasteiger partial charge in [-0.25, -0.2) is 0 Å². The largest absolute Gasteiger partial charge is 0.397 e. The Bertz CT molecular complexity index is 739. The lowest BCUT2D eigenvalue weighted by Crippen LogP contribution is -2.05. The van der Waals surface area contributed by atoms with Crippen molar-refractivity contribution in [3.63, 3.8) is 0 Å². The smallest absolute Gasteiger partial charge is 0.0951 e. The molecule has 0 aliphatic heterocycles. The fraction of sp³-hybridized carbons (Fsp3) is 0.133. The van der Waals surface area contributed by atoms with Crippen LogP contribution in [0.15, 0.2) is 46.4 Å². The number of benzene rings is 1. The van der Waals surface area contributed by atoms with E-state index in [4.69, 9.17) is 5.73 Å². The van der Waals surface area contributed by atoms with Gasteiger partial charge in [-0.2, -0.15) is 0 Å². The van der Waals surface area contributed by atoms with Crippen LogP contribution in [0.3, 0.4) is 0 Å². The number of rotatable bonds is 4. The zero-order valence-corrected chi connectivity index (χ0v) is 13.2. The predicted octanol–water partition coefficient (Wildman–Crippen LogP) is 4.30. The van der Waals surface area contributed by atoms with Crippen LogP contribution in [-0.4, -0.2) is 11.5 Å². The predicted molar refractivity (Wildman–Crippen MR) is 90.4 cm³/mol. The standard InChI is InChI=1S/C15H14BrN3S/c16-14-6-3-10(20-14)7-9-18-13-5-4-12(17)15-11(13)2-1-8-19-15/h1-6,8,18H,7,9,17H2. The summed E-state index contributed by atoms with van der Waals surface area (Å²) in [5.74, 6) is 0. The molecule has 2 heterocycles. The number of pyridine rings is 1. The monoisotopic (exact) mass is 347 g/mol. The number of hydrogen-bond donors (Lipinski definition) is 2. The van der Waals surface area contributed by atoms with Crippen molar-refractivity contribution in [2.45, 2.75) is 6.42 Å². The maximum Gasteiger partial charge on any atom is 0.0951 e. The molecule has 0 saturated carbocycles. The minimum absolute atomic E-state index is 0.716. The number of thiophene rings is 1. The van der Waals surface area contributed by atoms with E-state index < -0.39 is 0 Å². The van der Waals surface area contributed by atoms with E-state index in [9.17, 15) is 0 Å². The number of aromatic nitrogens is 1. The van der Waals surface area contributed by atoms with Gasteiger partial charge in [0.2, 0.25) is 0 Å². The first kappa shape index (κ1) is 13.4. The summed E-state index contributed by atoms with van der Waals surface area (Å²) in [6.07, 6.45) is 2.77. The molecule has 3 N–H and O–H groups in total. The van der Waals surface area contributed by atoms with Crippen LogP contribution in [0.25, 0.3) is 10.9 Å². The lowest BCUT2D eigenvalue weighted by Gasteiger charge is -2.10. The summed E-state index contributed by atoms with van der Waals surface area (Å²) < 4.78 is 1.18. The molecule has 0 spiro atoms. The van der Waals surface area contributed by atoms with E-state index in [2.05, 4.69) is 38.4 Å². The average molecular weight is 348 g/mol. The highest BCUT2D eigenvalue weighted by Gasteiger charge is 2.04. The molecule has 1 aromatic carbocycles. The Labute approximate surface area is 130 Å². The third kappa shape index (κ3) is 2.78. The van der Waals surface area contributed by atoms with E-state index in [1.807, 2.05) is 24.3 Å². The second-order valence-electron chi connectivity index (χ2n) is 4.48. The Morgan fingerprint density at radius 1 is 1.20 bits per heavy atom. The van der Waals surface area contributed by atoms with E-state index in [0.29, 0.717) is 5.69 Å². The molecule has 0 unspecified atom stereocenters. The maximum absolute atomic E-state index is 5.95. The number of nitrogens with zero attached hydrogens (tertiary/aromatic N) is 1. The topological polar surface area (TPSA) is 50.9 Å². The third-order valence-electron chi connectivity index (χ3n) is 3.12. The zero-order chi connectivity index (χ0) is 13.9. The molecular formula is C15H14BrN3S. The van der Waals surface area contributed by atoms with Gasteiger partial charge in [0.25, 0.3) is 0 Å². The molecule has 0 saturated heterocycles. The molecule has 5 heteroatoms. The lowest BCUT2D eigenvalue weighted by atomic mass is 10.1. The molecule has 0 amide bonds. The summed E-state index contributed by atoms with van der Waals surface area (Å²) in [4.78, 5) is 5.71. The summed E-state index contributed by atoms with van der Waals surface area (Å²) >= 11 is 5.26. The van der Waals surface area contributed by atoms with Gasteiger partial charge in [-0.1, -0.05) is 0 Å². The first-order chi connectivity index (χ1) is 9.74. The Morgan fingerprint density at radius 2 is 2.10 bits per heavy atom. The van der Waals surface area contributed by atoms with Gasteiger partial charge in [0.15, 0.2) is 0 Å². The number of hydrogen-bond acceptors (Lipinski definition) is 4. The Kier molecular flexibility index (Phi) is 3.89. The minimum atomic E-state index is 0.716. The molecule has 0 aliphatic rings. The Hall–Kier alpha value is -1.59. The van der Waals surface area contributed by atoms with E-state index in [-0.39, 0.29) is 0 Å². The molecule has 0 bridgehead atoms. The third-order valence-corrected chi connectivity index (χ3v) is 4.80. The number of fused-ring (bicyclic) bond motifs is 1. The van der Waals surface area contributed by atoms with Gasteiger partial charge < -0.3 is 11.1 Å². The van der Waals surface area contributed by atoms with Crippen molar-refractivity contribution < 1.29 is 0 Å². The maximum atomic E-state index is 5.95. The minimum Gasteiger partial charge on any atom is -0.397 e. The Morgan fingerprint density at radius 3 is 2.90 bits per heavy atom. The number of nitrogen functional groups attached to an aromatic ring is 1. The van der Waals surface area contributed by atoms with Crippen molar-refractivity contribution in [1.29, 1.82) is 0 Å². The zero-order valence-electron chi connectivity index (χ0n) is 10.8. The summed E-state index contributed by atoms with van der Waals surface area (Å²) in [6.45, 7) is 0.890. The van der Waals surface area contributed by atoms with Crippen molar-refractivity contribution in [2.24, 2.45) is 0 Å². The number of nitrogens with two attached hydrogens (primary N) is 1. The molecule has 0 atom stereocenters. The molecule has 0 fully saturated rings. The van der Waals surface area contributed by atoms with Gasteiger partial charge in [-0.05, 0) is 58.7 Å². The van der Waals surface area contributed by atoms with Crippen molar-refractivity contribution in [3.05, 3.63) is 51.3 Å². The first-order valence-electron chi connectivity index (χ1n) is 6.35. The summed E-state index contributed by atoms with van der Waals surface area (Å²) in [7, 11) is 0. The number of nitrogens with one attached hydrogen (secondary N) is 1. The molecule has 20 heavy (non-hydrogen) atoms. The quantitative estimate of drug-likeness (QED) is 0.692. The highest BCUT2D eigenvalue weighted by atomic mass is 79.9. The van der Waals surface area contributed by atoms with Gasteiger partial charge in [-0.15, -0.1) is 11.3 Å². The van der Waals surface area contributed by atoms with Crippen LogP contribution in [-0.2, 0) is 6.42 Å². The molecule has 3 aromatic rings. The van der Waals surface area contributed by atoms with Crippen molar-refractivity contribution in [2.75, 3.05) is 17.6 Å². The molecule has 0 aliphatic carbocycles. The van der Waals surface area contributed by atoms with Crippen LogP contribution in [0, 0.1) is 0 Å². The summed E-state index contributed by atoms with van der Waals surface area (Å²) in [6, 6.07) is 12.1. The van der Waals surface area contributed by atoms with E-state index in [1.54, 1.807) is 17.5 Å². The summed E-state index contributed by atoms with van der Waals surface area (Å²) in [5, 5.41) is 4.54. The SMILES string of the molecule is Nc1ccc(NCCc2ccc(Br)s2)c2cccnc12. The van der Waals surface area contributed by atoms with E-state index >= 15 is 0 Å². The van der Waals surface area contributed by atoms with Crippen LogP contribution in [0.5, 0.6) is 0 Å². The second kappa shape index (κ2) is 5.81. The van der Waals surface area contributed by atoms with Crippen LogP contribution in [0.2, 0.25) is 0 Å². The van der Waals surface area contributed by atoms with Crippen molar-refractivity contribution in [3.8, 4) is 0 Å². The van der Waals surface area contributed by atoms with Gasteiger partial charge in [0, 0.05) is 28.7 Å². The van der Waals surface area contributed by atoms with Crippen LogP contribution < -0.4 is 11.1 Å². The molecular weight excluding hydrogens is 334 g/mol. The van der Waals surface area contributed by atoms with E-state index in [1.165, 1.54) is 8.66 Å². The lowest BCUT2D eigenvalue weighted by molar-refractivity contribution is 1.05. The van der Waals surface area contributed by atoms with Crippen LogP contribution in [0.4, 0.5) is 11.4 Å². The number of anilines is 2. The Balaban J connectivity index is 1.76.